The molecule has 6 heteroatoms. The fourth-order valence-electron chi connectivity index (χ4n) is 3.70. The van der Waals surface area contributed by atoms with Crippen LogP contribution in [0, 0.1) is 6.92 Å². The summed E-state index contributed by atoms with van der Waals surface area (Å²) >= 11 is 1.55. The molecule has 1 aliphatic carbocycles. The Balaban J connectivity index is 1.50. The van der Waals surface area contributed by atoms with Crippen LogP contribution in [0.2, 0.25) is 0 Å². The van der Waals surface area contributed by atoms with Gasteiger partial charge in [0.05, 0.1) is 11.4 Å². The van der Waals surface area contributed by atoms with E-state index in [1.165, 1.54) is 18.5 Å². The molecule has 2 amide bonds. The van der Waals surface area contributed by atoms with Crippen LogP contribution in [0.4, 0.5) is 0 Å². The number of allylic oxidation sites excluding steroid dienone is 2. The third-order valence-electron chi connectivity index (χ3n) is 5.20. The lowest BCUT2D eigenvalue weighted by molar-refractivity contribution is -0.130. The number of rotatable bonds is 5. The van der Waals surface area contributed by atoms with Crippen molar-refractivity contribution in [2.24, 2.45) is 0 Å². The Labute approximate surface area is 160 Å². The molecule has 1 aliphatic heterocycles. The number of hydrogen-bond donors (Lipinski definition) is 0. The number of carbonyl (C=O) groups is 2. The minimum atomic E-state index is 0.122. The third kappa shape index (κ3) is 4.54. The number of piperazine rings is 1. The average molecular weight is 376 g/mol. The maximum absolute atomic E-state index is 12.7. The van der Waals surface area contributed by atoms with Gasteiger partial charge in [-0.05, 0) is 51.7 Å². The number of hydrogen-bond acceptors (Lipinski definition) is 4. The van der Waals surface area contributed by atoms with E-state index in [0.717, 1.165) is 42.2 Å². The monoisotopic (exact) mass is 375 g/mol. The molecule has 3 rings (SSSR count). The molecule has 2 heterocycles. The highest BCUT2D eigenvalue weighted by Gasteiger charge is 2.26. The molecule has 0 spiro atoms. The summed E-state index contributed by atoms with van der Waals surface area (Å²) in [5, 5.41) is 0. The Kier molecular flexibility index (Phi) is 6.48. The van der Waals surface area contributed by atoms with Crippen molar-refractivity contribution in [3.8, 4) is 0 Å². The first kappa shape index (κ1) is 19.1. The molecule has 0 unspecified atom stereocenters. The second-order valence-corrected chi connectivity index (χ2v) is 8.35. The van der Waals surface area contributed by atoms with Gasteiger partial charge in [0.15, 0.2) is 0 Å². The third-order valence-corrected chi connectivity index (χ3v) is 6.19. The zero-order chi connectivity index (χ0) is 18.5. The Morgan fingerprint density at radius 2 is 1.92 bits per heavy atom. The van der Waals surface area contributed by atoms with Crippen molar-refractivity contribution < 1.29 is 9.59 Å². The normalized spacial score (nSPS) is 18.5. The largest absolute Gasteiger partial charge is 0.335 e. The predicted molar refractivity (Wildman–Crippen MR) is 105 cm³/mol. The molecule has 0 aromatic carbocycles. The standard InChI is InChI=1S/C20H29N3O2S/c1-3-23(17-7-5-4-6-8-17)19(24)15-21-11-13-22(14-12-21)20(25)18-10-9-16(2)26-18/h7,9-10H,3-6,8,11-15H2,1-2H3. The molecule has 1 aromatic heterocycles. The van der Waals surface area contributed by atoms with E-state index in [9.17, 15) is 9.59 Å². The Bertz CT molecular complexity index is 674. The van der Waals surface area contributed by atoms with Crippen LogP contribution in [0.1, 0.15) is 47.2 Å². The van der Waals surface area contributed by atoms with Gasteiger partial charge in [-0.1, -0.05) is 6.08 Å². The van der Waals surface area contributed by atoms with Crippen LogP contribution in [0.5, 0.6) is 0 Å². The molecule has 142 valence electrons. The van der Waals surface area contributed by atoms with E-state index >= 15 is 0 Å². The summed E-state index contributed by atoms with van der Waals surface area (Å²) in [4.78, 5) is 33.3. The Morgan fingerprint density at radius 3 is 2.50 bits per heavy atom. The van der Waals surface area contributed by atoms with Crippen LogP contribution in [0.25, 0.3) is 0 Å². The first-order chi connectivity index (χ1) is 12.6. The van der Waals surface area contributed by atoms with Crippen LogP contribution in [0.3, 0.4) is 0 Å². The number of thiophene rings is 1. The minimum absolute atomic E-state index is 0.122. The van der Waals surface area contributed by atoms with E-state index in [0.29, 0.717) is 19.6 Å². The molecule has 1 aromatic rings. The van der Waals surface area contributed by atoms with Gasteiger partial charge in [-0.3, -0.25) is 14.5 Å². The molecule has 26 heavy (non-hydrogen) atoms. The molecule has 0 radical (unpaired) electrons. The average Bonchev–Trinajstić information content (AvgIpc) is 3.10. The highest BCUT2D eigenvalue weighted by molar-refractivity contribution is 7.13. The van der Waals surface area contributed by atoms with Gasteiger partial charge >= 0.3 is 0 Å². The highest BCUT2D eigenvalue weighted by Crippen LogP contribution is 2.21. The molecule has 0 N–H and O–H groups in total. The zero-order valence-electron chi connectivity index (χ0n) is 15.9. The van der Waals surface area contributed by atoms with E-state index in [1.54, 1.807) is 11.3 Å². The van der Waals surface area contributed by atoms with Crippen LogP contribution in [0.15, 0.2) is 23.9 Å². The molecule has 1 fully saturated rings. The summed E-state index contributed by atoms with van der Waals surface area (Å²) in [5.41, 5.74) is 1.20. The van der Waals surface area contributed by atoms with E-state index in [2.05, 4.69) is 11.0 Å². The quantitative estimate of drug-likeness (QED) is 0.794. The smallest absolute Gasteiger partial charge is 0.264 e. The van der Waals surface area contributed by atoms with Gasteiger partial charge in [-0.2, -0.15) is 0 Å². The lowest BCUT2D eigenvalue weighted by Crippen LogP contribution is -2.51. The van der Waals surface area contributed by atoms with Crippen molar-refractivity contribution in [3.63, 3.8) is 0 Å². The molecular formula is C20H29N3O2S. The van der Waals surface area contributed by atoms with Crippen LogP contribution in [-0.4, -0.2) is 65.8 Å². The number of nitrogens with zero attached hydrogens (tertiary/aromatic N) is 3. The van der Waals surface area contributed by atoms with Crippen molar-refractivity contribution in [2.75, 3.05) is 39.3 Å². The fourth-order valence-corrected chi connectivity index (χ4v) is 4.53. The van der Waals surface area contributed by atoms with Crippen LogP contribution >= 0.6 is 11.3 Å². The number of aryl methyl sites for hydroxylation is 1. The van der Waals surface area contributed by atoms with Crippen molar-refractivity contribution in [3.05, 3.63) is 33.7 Å². The lowest BCUT2D eigenvalue weighted by Gasteiger charge is -2.35. The van der Waals surface area contributed by atoms with Crippen LogP contribution < -0.4 is 0 Å². The maximum Gasteiger partial charge on any atom is 0.264 e. The molecule has 1 saturated heterocycles. The molecule has 0 bridgehead atoms. The number of likely N-dealkylation sites (N-methyl/N-ethyl adjacent to an activating group) is 1. The number of amides is 2. The van der Waals surface area contributed by atoms with Crippen molar-refractivity contribution in [1.82, 2.24) is 14.7 Å². The van der Waals surface area contributed by atoms with Crippen LogP contribution in [-0.2, 0) is 4.79 Å². The first-order valence-corrected chi connectivity index (χ1v) is 10.5. The van der Waals surface area contributed by atoms with Crippen molar-refractivity contribution >= 4 is 23.2 Å². The topological polar surface area (TPSA) is 43.9 Å². The molecule has 0 saturated carbocycles. The summed E-state index contributed by atoms with van der Waals surface area (Å²) < 4.78 is 0. The van der Waals surface area contributed by atoms with Gasteiger partial charge in [0.2, 0.25) is 5.91 Å². The Morgan fingerprint density at radius 1 is 1.15 bits per heavy atom. The summed E-state index contributed by atoms with van der Waals surface area (Å²) in [6.45, 7) is 8.16. The van der Waals surface area contributed by atoms with Gasteiger partial charge in [0, 0.05) is 43.3 Å². The van der Waals surface area contributed by atoms with Gasteiger partial charge < -0.3 is 9.80 Å². The van der Waals surface area contributed by atoms with Gasteiger partial charge in [0.25, 0.3) is 5.91 Å². The van der Waals surface area contributed by atoms with E-state index in [4.69, 9.17) is 0 Å². The van der Waals surface area contributed by atoms with E-state index in [1.807, 2.05) is 35.8 Å². The maximum atomic E-state index is 12.7. The summed E-state index contributed by atoms with van der Waals surface area (Å²) in [5.74, 6) is 0.311. The second-order valence-electron chi connectivity index (χ2n) is 7.06. The van der Waals surface area contributed by atoms with E-state index in [-0.39, 0.29) is 11.8 Å². The zero-order valence-corrected chi connectivity index (χ0v) is 16.7. The molecule has 2 aliphatic rings. The fraction of sp³-hybridized carbons (Fsp3) is 0.600. The minimum Gasteiger partial charge on any atom is -0.335 e. The molecule has 5 nitrogen and oxygen atoms in total. The lowest BCUT2D eigenvalue weighted by atomic mass is 10.0. The van der Waals surface area contributed by atoms with E-state index < -0.39 is 0 Å². The highest BCUT2D eigenvalue weighted by atomic mass is 32.1. The predicted octanol–water partition coefficient (Wildman–Crippen LogP) is 3.12. The van der Waals surface area contributed by atoms with Gasteiger partial charge in [-0.25, -0.2) is 0 Å². The van der Waals surface area contributed by atoms with Gasteiger partial charge in [0.1, 0.15) is 0 Å². The molecule has 0 atom stereocenters. The summed E-state index contributed by atoms with van der Waals surface area (Å²) in [6, 6.07) is 3.90. The molecular weight excluding hydrogens is 346 g/mol. The SMILES string of the molecule is CCN(C(=O)CN1CCN(C(=O)c2ccc(C)s2)CC1)C1=CCCCC1. The van der Waals surface area contributed by atoms with Gasteiger partial charge in [-0.15, -0.1) is 11.3 Å². The van der Waals surface area contributed by atoms with Crippen molar-refractivity contribution in [2.45, 2.75) is 39.5 Å². The van der Waals surface area contributed by atoms with Crippen molar-refractivity contribution in [1.29, 1.82) is 0 Å². The first-order valence-electron chi connectivity index (χ1n) is 9.66. The Hall–Kier alpha value is -1.66. The summed E-state index contributed by atoms with van der Waals surface area (Å²) in [6.07, 6.45) is 6.74. The summed E-state index contributed by atoms with van der Waals surface area (Å²) in [7, 11) is 0. The second kappa shape index (κ2) is 8.82. The number of carbonyl (C=O) groups excluding carboxylic acids is 2.